The molecule has 0 saturated carbocycles. The topological polar surface area (TPSA) is 89.6 Å². The summed E-state index contributed by atoms with van der Waals surface area (Å²) in [5, 5.41) is 0.492. The summed E-state index contributed by atoms with van der Waals surface area (Å²) in [6.07, 6.45) is 2.71. The number of aryl methyl sites for hydroxylation is 2. The lowest BCUT2D eigenvalue weighted by Gasteiger charge is -2.40. The maximum Gasteiger partial charge on any atom is 0.264 e. The molecule has 5 rings (SSSR count). The van der Waals surface area contributed by atoms with Crippen LogP contribution in [0.2, 0.25) is 0 Å². The van der Waals surface area contributed by atoms with Crippen LogP contribution in [0, 0.1) is 26.7 Å². The number of rotatable bonds is 3. The Morgan fingerprint density at radius 2 is 1.69 bits per heavy atom. The summed E-state index contributed by atoms with van der Waals surface area (Å²) in [4.78, 5) is 52.7. The van der Waals surface area contributed by atoms with Crippen molar-refractivity contribution in [2.75, 3.05) is 44.2 Å². The summed E-state index contributed by atoms with van der Waals surface area (Å²) in [7, 11) is 0. The first-order valence-electron chi connectivity index (χ1n) is 12.2. The van der Waals surface area contributed by atoms with Gasteiger partial charge in [-0.2, -0.15) is 0 Å². The summed E-state index contributed by atoms with van der Waals surface area (Å²) in [6.45, 7) is 10.3. The van der Waals surface area contributed by atoms with Crippen LogP contribution < -0.4 is 10.5 Å². The van der Waals surface area contributed by atoms with Crippen molar-refractivity contribution in [3.63, 3.8) is 0 Å². The van der Waals surface area contributed by atoms with Crippen molar-refractivity contribution >= 4 is 39.1 Å². The molecule has 2 aliphatic rings. The van der Waals surface area contributed by atoms with E-state index in [0.717, 1.165) is 26.2 Å². The van der Waals surface area contributed by atoms with Crippen LogP contribution in [0.4, 0.5) is 5.69 Å². The zero-order valence-corrected chi connectivity index (χ0v) is 21.3. The molecule has 8 nitrogen and oxygen atoms in total. The quantitative estimate of drug-likeness (QED) is 0.606. The van der Waals surface area contributed by atoms with E-state index < -0.39 is 0 Å². The minimum atomic E-state index is -0.218. The van der Waals surface area contributed by atoms with E-state index in [1.165, 1.54) is 34.5 Å². The number of carbonyl (C=O) groups is 2. The van der Waals surface area contributed by atoms with Crippen molar-refractivity contribution in [2.24, 2.45) is 5.92 Å². The van der Waals surface area contributed by atoms with Gasteiger partial charge < -0.3 is 19.7 Å². The van der Waals surface area contributed by atoms with Crippen LogP contribution >= 0.6 is 11.3 Å². The number of aromatic nitrogens is 2. The Kier molecular flexibility index (Phi) is 6.35. The molecule has 35 heavy (non-hydrogen) atoms. The number of hydrogen-bond donors (Lipinski definition) is 1. The summed E-state index contributed by atoms with van der Waals surface area (Å²) in [6, 6.07) is 6.39. The summed E-state index contributed by atoms with van der Waals surface area (Å²) >= 11 is 1.27. The highest BCUT2D eigenvalue weighted by Gasteiger charge is 2.33. The number of hydrogen-bond acceptors (Lipinski definition) is 6. The van der Waals surface area contributed by atoms with Gasteiger partial charge in [0.15, 0.2) is 0 Å². The van der Waals surface area contributed by atoms with Crippen LogP contribution in [0.25, 0.3) is 10.2 Å². The number of piperidine rings is 1. The molecular weight excluding hydrogens is 462 g/mol. The van der Waals surface area contributed by atoms with E-state index in [4.69, 9.17) is 0 Å². The number of amides is 2. The van der Waals surface area contributed by atoms with Crippen LogP contribution in [0.5, 0.6) is 0 Å². The van der Waals surface area contributed by atoms with Gasteiger partial charge in [0.25, 0.3) is 11.5 Å². The standard InChI is InChI=1S/C26H31N5O3S/c1-16-5-4-6-20(17(16)2)29-11-13-31(14-12-29)25(33)19-7-9-30(10-8-19)26(34)22-18(3)21-23(32)27-15-28-24(21)35-22/h4-6,15,19H,7-14H2,1-3H3,(H,27,28,32). The highest BCUT2D eigenvalue weighted by Crippen LogP contribution is 2.30. The summed E-state index contributed by atoms with van der Waals surface area (Å²) in [5.41, 5.74) is 4.32. The highest BCUT2D eigenvalue weighted by atomic mass is 32.1. The van der Waals surface area contributed by atoms with Crippen LogP contribution in [0.3, 0.4) is 0 Å². The third-order valence-corrected chi connectivity index (χ3v) is 8.75. The molecule has 9 heteroatoms. The van der Waals surface area contributed by atoms with Crippen molar-refractivity contribution < 1.29 is 9.59 Å². The minimum Gasteiger partial charge on any atom is -0.368 e. The predicted molar refractivity (Wildman–Crippen MR) is 138 cm³/mol. The number of benzene rings is 1. The molecule has 4 heterocycles. The first-order chi connectivity index (χ1) is 16.8. The number of aromatic amines is 1. The van der Waals surface area contributed by atoms with Crippen molar-refractivity contribution in [3.05, 3.63) is 56.4 Å². The number of anilines is 1. The van der Waals surface area contributed by atoms with Gasteiger partial charge in [0.05, 0.1) is 16.6 Å². The smallest absolute Gasteiger partial charge is 0.264 e. The van der Waals surface area contributed by atoms with Gasteiger partial charge in [0.2, 0.25) is 5.91 Å². The van der Waals surface area contributed by atoms with Gasteiger partial charge in [0, 0.05) is 50.9 Å². The lowest BCUT2D eigenvalue weighted by atomic mass is 9.94. The Hall–Kier alpha value is -3.20. The monoisotopic (exact) mass is 493 g/mol. The molecule has 0 bridgehead atoms. The van der Waals surface area contributed by atoms with Gasteiger partial charge in [-0.25, -0.2) is 4.98 Å². The maximum absolute atomic E-state index is 13.2. The van der Waals surface area contributed by atoms with Gasteiger partial charge in [0.1, 0.15) is 4.83 Å². The average Bonchev–Trinajstić information content (AvgIpc) is 3.22. The lowest BCUT2D eigenvalue weighted by Crippen LogP contribution is -2.52. The number of H-pyrrole nitrogens is 1. The third kappa shape index (κ3) is 4.33. The zero-order valence-electron chi connectivity index (χ0n) is 20.5. The van der Waals surface area contributed by atoms with Gasteiger partial charge in [-0.05, 0) is 56.4 Å². The zero-order chi connectivity index (χ0) is 24.7. The maximum atomic E-state index is 13.2. The molecular formula is C26H31N5O3S. The molecule has 3 aromatic rings. The number of carbonyl (C=O) groups excluding carboxylic acids is 2. The molecule has 2 saturated heterocycles. The fourth-order valence-electron chi connectivity index (χ4n) is 5.26. The Morgan fingerprint density at radius 1 is 0.971 bits per heavy atom. The number of fused-ring (bicyclic) bond motifs is 1. The van der Waals surface area contributed by atoms with E-state index in [9.17, 15) is 14.4 Å². The van der Waals surface area contributed by atoms with Crippen LogP contribution in [0.1, 0.15) is 39.2 Å². The molecule has 0 unspecified atom stereocenters. The second-order valence-electron chi connectivity index (χ2n) is 9.57. The molecule has 2 aromatic heterocycles. The largest absolute Gasteiger partial charge is 0.368 e. The summed E-state index contributed by atoms with van der Waals surface area (Å²) in [5.74, 6) is 0.101. The fourth-order valence-corrected chi connectivity index (χ4v) is 6.38. The van der Waals surface area contributed by atoms with E-state index in [1.807, 2.05) is 9.80 Å². The van der Waals surface area contributed by atoms with Crippen molar-refractivity contribution in [1.29, 1.82) is 0 Å². The normalized spacial score (nSPS) is 17.3. The van der Waals surface area contributed by atoms with Crippen molar-refractivity contribution in [1.82, 2.24) is 19.8 Å². The number of thiophene rings is 1. The Bertz CT molecular complexity index is 1330. The Morgan fingerprint density at radius 3 is 2.37 bits per heavy atom. The van der Waals surface area contributed by atoms with E-state index in [0.29, 0.717) is 46.6 Å². The fraction of sp³-hybridized carbons (Fsp3) is 0.462. The average molecular weight is 494 g/mol. The van der Waals surface area contributed by atoms with Crippen molar-refractivity contribution in [2.45, 2.75) is 33.6 Å². The number of nitrogens with zero attached hydrogens (tertiary/aromatic N) is 4. The second-order valence-corrected chi connectivity index (χ2v) is 10.6. The van der Waals surface area contributed by atoms with E-state index in [1.54, 1.807) is 6.92 Å². The first kappa shape index (κ1) is 23.5. The molecule has 2 fully saturated rings. The highest BCUT2D eigenvalue weighted by molar-refractivity contribution is 7.20. The molecule has 1 N–H and O–H groups in total. The number of piperazine rings is 1. The minimum absolute atomic E-state index is 0.0423. The summed E-state index contributed by atoms with van der Waals surface area (Å²) < 4.78 is 0. The first-order valence-corrected chi connectivity index (χ1v) is 13.0. The molecule has 2 amide bonds. The molecule has 0 atom stereocenters. The van der Waals surface area contributed by atoms with E-state index in [2.05, 4.69) is 46.9 Å². The van der Waals surface area contributed by atoms with Gasteiger partial charge >= 0.3 is 0 Å². The second kappa shape index (κ2) is 9.45. The molecule has 0 spiro atoms. The molecule has 0 radical (unpaired) electrons. The molecule has 0 aliphatic carbocycles. The molecule has 2 aliphatic heterocycles. The van der Waals surface area contributed by atoms with Crippen LogP contribution in [0.15, 0.2) is 29.3 Å². The number of likely N-dealkylation sites (tertiary alicyclic amines) is 1. The van der Waals surface area contributed by atoms with Gasteiger partial charge in [-0.3, -0.25) is 14.4 Å². The van der Waals surface area contributed by atoms with Gasteiger partial charge in [-0.1, -0.05) is 12.1 Å². The molecule has 184 valence electrons. The molecule has 1 aromatic carbocycles. The number of nitrogens with one attached hydrogen (secondary N) is 1. The van der Waals surface area contributed by atoms with E-state index >= 15 is 0 Å². The lowest BCUT2D eigenvalue weighted by molar-refractivity contribution is -0.137. The SMILES string of the molecule is Cc1cccc(N2CCN(C(=O)C3CCN(C(=O)c4sc5nc[nH]c(=O)c5c4C)CC3)CC2)c1C. The Labute approximate surface area is 208 Å². The van der Waals surface area contributed by atoms with Gasteiger partial charge in [-0.15, -0.1) is 11.3 Å². The van der Waals surface area contributed by atoms with E-state index in [-0.39, 0.29) is 23.3 Å². The van der Waals surface area contributed by atoms with Crippen LogP contribution in [-0.4, -0.2) is 70.9 Å². The van der Waals surface area contributed by atoms with Crippen LogP contribution in [-0.2, 0) is 4.79 Å². The third-order valence-electron chi connectivity index (χ3n) is 7.57. The van der Waals surface area contributed by atoms with Crippen molar-refractivity contribution in [3.8, 4) is 0 Å². The predicted octanol–water partition coefficient (Wildman–Crippen LogP) is 3.11. The Balaban J connectivity index is 1.18.